The fourth-order valence-corrected chi connectivity index (χ4v) is 3.70. The summed E-state index contributed by atoms with van der Waals surface area (Å²) in [5.74, 6) is 0.00576. The van der Waals surface area contributed by atoms with E-state index in [1.807, 2.05) is 31.2 Å². The average molecular weight is 366 g/mol. The number of hydrogen-bond acceptors (Lipinski definition) is 3. The molecule has 4 heteroatoms. The van der Waals surface area contributed by atoms with Gasteiger partial charge in [0, 0.05) is 38.3 Å². The first kappa shape index (κ1) is 19.6. The molecule has 2 aromatic carbocycles. The van der Waals surface area contributed by atoms with Crippen molar-refractivity contribution in [1.82, 2.24) is 15.1 Å². The molecule has 3 rings (SSSR count). The third-order valence-corrected chi connectivity index (χ3v) is 5.70. The van der Waals surface area contributed by atoms with Gasteiger partial charge in [-0.15, -0.1) is 0 Å². The number of hydrogen-bond donors (Lipinski definition) is 1. The van der Waals surface area contributed by atoms with Crippen LogP contribution in [0.1, 0.15) is 40.0 Å². The van der Waals surface area contributed by atoms with Crippen molar-refractivity contribution in [3.05, 3.63) is 70.8 Å². The van der Waals surface area contributed by atoms with E-state index in [9.17, 15) is 4.79 Å². The number of likely N-dealkylation sites (N-methyl/N-ethyl adjacent to an activating group) is 1. The number of carbonyl (C=O) groups excluding carboxylic acids is 1. The van der Waals surface area contributed by atoms with Crippen molar-refractivity contribution in [2.45, 2.75) is 26.8 Å². The van der Waals surface area contributed by atoms with E-state index in [4.69, 9.17) is 0 Å². The lowest BCUT2D eigenvalue weighted by Gasteiger charge is -2.39. The molecule has 1 heterocycles. The Bertz CT molecular complexity index is 751. The van der Waals surface area contributed by atoms with Crippen molar-refractivity contribution in [3.8, 4) is 0 Å². The van der Waals surface area contributed by atoms with E-state index >= 15 is 0 Å². The SMILES string of the molecule is CCN1CCN(C(CNC(=O)c2ccc(C)c(C)c2)c2ccccc2)CC1. The fourth-order valence-electron chi connectivity index (χ4n) is 3.70. The number of benzene rings is 2. The maximum atomic E-state index is 12.7. The smallest absolute Gasteiger partial charge is 0.251 e. The van der Waals surface area contributed by atoms with Crippen LogP contribution in [0.3, 0.4) is 0 Å². The summed E-state index contributed by atoms with van der Waals surface area (Å²) in [4.78, 5) is 17.7. The third-order valence-electron chi connectivity index (χ3n) is 5.70. The molecule has 144 valence electrons. The van der Waals surface area contributed by atoms with Crippen molar-refractivity contribution < 1.29 is 4.79 Å². The minimum absolute atomic E-state index is 0.00576. The van der Waals surface area contributed by atoms with Crippen LogP contribution < -0.4 is 5.32 Å². The van der Waals surface area contributed by atoms with Crippen LogP contribution in [0.25, 0.3) is 0 Å². The lowest BCUT2D eigenvalue weighted by molar-refractivity contribution is 0.0855. The molecule has 4 nitrogen and oxygen atoms in total. The number of carbonyl (C=O) groups is 1. The van der Waals surface area contributed by atoms with Crippen molar-refractivity contribution >= 4 is 5.91 Å². The van der Waals surface area contributed by atoms with Crippen LogP contribution in [0.5, 0.6) is 0 Å². The van der Waals surface area contributed by atoms with Crippen LogP contribution >= 0.6 is 0 Å². The van der Waals surface area contributed by atoms with Gasteiger partial charge in [0.2, 0.25) is 0 Å². The molecular weight excluding hydrogens is 334 g/mol. The van der Waals surface area contributed by atoms with E-state index in [2.05, 4.69) is 53.2 Å². The molecule has 0 radical (unpaired) electrons. The van der Waals surface area contributed by atoms with Crippen LogP contribution in [0, 0.1) is 13.8 Å². The van der Waals surface area contributed by atoms with Crippen LogP contribution in [0.15, 0.2) is 48.5 Å². The fraction of sp³-hybridized carbons (Fsp3) is 0.435. The predicted octanol–water partition coefficient (Wildman–Crippen LogP) is 3.41. The number of aryl methyl sites for hydroxylation is 2. The number of nitrogens with one attached hydrogen (secondary N) is 1. The molecule has 0 aromatic heterocycles. The highest BCUT2D eigenvalue weighted by molar-refractivity contribution is 5.94. The molecule has 2 aromatic rings. The average Bonchev–Trinajstić information content (AvgIpc) is 2.71. The van der Waals surface area contributed by atoms with Crippen molar-refractivity contribution in [3.63, 3.8) is 0 Å². The van der Waals surface area contributed by atoms with Crippen molar-refractivity contribution in [2.24, 2.45) is 0 Å². The summed E-state index contributed by atoms with van der Waals surface area (Å²) < 4.78 is 0. The number of piperazine rings is 1. The van der Waals surface area contributed by atoms with E-state index in [1.165, 1.54) is 11.1 Å². The molecule has 1 unspecified atom stereocenters. The Hall–Kier alpha value is -2.17. The van der Waals surface area contributed by atoms with Crippen LogP contribution in [-0.4, -0.2) is 55.0 Å². The first-order valence-corrected chi connectivity index (χ1v) is 9.95. The van der Waals surface area contributed by atoms with E-state index in [0.29, 0.717) is 6.54 Å². The monoisotopic (exact) mass is 365 g/mol. The molecule has 1 atom stereocenters. The Morgan fingerprint density at radius 2 is 1.70 bits per heavy atom. The summed E-state index contributed by atoms with van der Waals surface area (Å²) in [6, 6.07) is 16.6. The van der Waals surface area contributed by atoms with E-state index in [1.54, 1.807) is 0 Å². The van der Waals surface area contributed by atoms with Gasteiger partial charge in [-0.3, -0.25) is 9.69 Å². The minimum atomic E-state index is 0.00576. The maximum Gasteiger partial charge on any atom is 0.251 e. The molecule has 1 saturated heterocycles. The van der Waals surface area contributed by atoms with E-state index in [-0.39, 0.29) is 11.9 Å². The van der Waals surface area contributed by atoms with E-state index in [0.717, 1.165) is 43.9 Å². The highest BCUT2D eigenvalue weighted by atomic mass is 16.1. The standard InChI is InChI=1S/C23H31N3O/c1-4-25-12-14-26(15-13-25)22(20-8-6-5-7-9-20)17-24-23(27)21-11-10-18(2)19(3)16-21/h5-11,16,22H,4,12-15,17H2,1-3H3,(H,24,27). The summed E-state index contributed by atoms with van der Waals surface area (Å²) in [5, 5.41) is 3.17. The molecule has 0 spiro atoms. The van der Waals surface area contributed by atoms with Gasteiger partial charge in [-0.2, -0.15) is 0 Å². The van der Waals surface area contributed by atoms with Crippen molar-refractivity contribution in [2.75, 3.05) is 39.3 Å². The maximum absolute atomic E-state index is 12.7. The lowest BCUT2D eigenvalue weighted by Crippen LogP contribution is -2.49. The molecule has 1 fully saturated rings. The normalized spacial score (nSPS) is 16.9. The second-order valence-electron chi connectivity index (χ2n) is 7.41. The zero-order valence-electron chi connectivity index (χ0n) is 16.7. The van der Waals surface area contributed by atoms with Crippen LogP contribution in [-0.2, 0) is 0 Å². The zero-order valence-corrected chi connectivity index (χ0v) is 16.7. The van der Waals surface area contributed by atoms with Gasteiger partial charge in [0.25, 0.3) is 5.91 Å². The first-order valence-electron chi connectivity index (χ1n) is 9.95. The Balaban J connectivity index is 1.70. The van der Waals surface area contributed by atoms with Gasteiger partial charge in [0.05, 0.1) is 6.04 Å². The molecule has 1 N–H and O–H groups in total. The highest BCUT2D eigenvalue weighted by Crippen LogP contribution is 2.22. The van der Waals surface area contributed by atoms with Gasteiger partial charge >= 0.3 is 0 Å². The first-order chi connectivity index (χ1) is 13.1. The van der Waals surface area contributed by atoms with Gasteiger partial charge in [0.1, 0.15) is 0 Å². The number of rotatable bonds is 6. The summed E-state index contributed by atoms with van der Waals surface area (Å²) in [5.41, 5.74) is 4.36. The molecule has 0 aliphatic carbocycles. The topological polar surface area (TPSA) is 35.6 Å². The molecule has 27 heavy (non-hydrogen) atoms. The molecular formula is C23H31N3O. The summed E-state index contributed by atoms with van der Waals surface area (Å²) in [6.45, 7) is 12.3. The summed E-state index contributed by atoms with van der Waals surface area (Å²) in [7, 11) is 0. The largest absolute Gasteiger partial charge is 0.350 e. The van der Waals surface area contributed by atoms with Gasteiger partial charge in [-0.05, 0) is 49.2 Å². The van der Waals surface area contributed by atoms with Crippen LogP contribution in [0.4, 0.5) is 0 Å². The molecule has 0 saturated carbocycles. The van der Waals surface area contributed by atoms with Gasteiger partial charge < -0.3 is 10.2 Å². The quantitative estimate of drug-likeness (QED) is 0.852. The molecule has 1 amide bonds. The predicted molar refractivity (Wildman–Crippen MR) is 111 cm³/mol. The van der Waals surface area contributed by atoms with Gasteiger partial charge in [0.15, 0.2) is 0 Å². The second-order valence-corrected chi connectivity index (χ2v) is 7.41. The zero-order chi connectivity index (χ0) is 19.2. The summed E-state index contributed by atoms with van der Waals surface area (Å²) in [6.07, 6.45) is 0. The van der Waals surface area contributed by atoms with Gasteiger partial charge in [-0.1, -0.05) is 43.3 Å². The Kier molecular flexibility index (Phi) is 6.64. The minimum Gasteiger partial charge on any atom is -0.350 e. The number of nitrogens with zero attached hydrogens (tertiary/aromatic N) is 2. The van der Waals surface area contributed by atoms with Crippen molar-refractivity contribution in [1.29, 1.82) is 0 Å². The highest BCUT2D eigenvalue weighted by Gasteiger charge is 2.25. The Morgan fingerprint density at radius 3 is 2.33 bits per heavy atom. The third kappa shape index (κ3) is 4.96. The Labute approximate surface area is 163 Å². The second kappa shape index (κ2) is 9.16. The Morgan fingerprint density at radius 1 is 1.00 bits per heavy atom. The lowest BCUT2D eigenvalue weighted by atomic mass is 10.0. The molecule has 1 aliphatic rings. The number of amides is 1. The molecule has 0 bridgehead atoms. The van der Waals surface area contributed by atoms with Gasteiger partial charge in [-0.25, -0.2) is 0 Å². The molecule has 1 aliphatic heterocycles. The van der Waals surface area contributed by atoms with E-state index < -0.39 is 0 Å². The summed E-state index contributed by atoms with van der Waals surface area (Å²) >= 11 is 0. The van der Waals surface area contributed by atoms with Crippen LogP contribution in [0.2, 0.25) is 0 Å².